The minimum absolute atomic E-state index is 0.395. The smallest absolute Gasteiger partial charge is 0.330 e. The van der Waals surface area contributed by atoms with Crippen LogP contribution in [0.25, 0.3) is 0 Å². The lowest BCUT2D eigenvalue weighted by Gasteiger charge is -1.93. The average molecular weight is 227 g/mol. The van der Waals surface area contributed by atoms with Gasteiger partial charge >= 0.3 is 5.97 Å². The van der Waals surface area contributed by atoms with Crippen LogP contribution in [0.5, 0.6) is 0 Å². The fourth-order valence-electron chi connectivity index (χ4n) is 0.706. The van der Waals surface area contributed by atoms with Crippen molar-refractivity contribution in [2.75, 3.05) is 12.4 Å². The summed E-state index contributed by atoms with van der Waals surface area (Å²) in [5, 5.41) is 11.0. The van der Waals surface area contributed by atoms with E-state index < -0.39 is 11.9 Å². The van der Waals surface area contributed by atoms with Gasteiger partial charge < -0.3 is 4.74 Å². The van der Waals surface area contributed by atoms with E-state index in [0.717, 1.165) is 17.2 Å². The van der Waals surface area contributed by atoms with Crippen LogP contribution in [0.15, 0.2) is 12.2 Å². The Labute approximate surface area is 90.0 Å². The molecule has 1 aromatic heterocycles. The standard InChI is InChI=1S/C8H9N3O3S/c1-5-10-11-8(15-5)9-6(12)3-4-7(13)14-2/h3-4H,1-2H3,(H,9,11,12). The Morgan fingerprint density at radius 2 is 2.13 bits per heavy atom. The molecule has 0 aliphatic rings. The molecule has 1 amide bonds. The van der Waals surface area contributed by atoms with E-state index in [2.05, 4.69) is 20.3 Å². The molecule has 0 unspecified atom stereocenters. The average Bonchev–Trinajstić information content (AvgIpc) is 2.60. The molecule has 0 aliphatic heterocycles. The maximum Gasteiger partial charge on any atom is 0.330 e. The Balaban J connectivity index is 2.50. The van der Waals surface area contributed by atoms with Gasteiger partial charge in [-0.2, -0.15) is 0 Å². The molecule has 80 valence electrons. The van der Waals surface area contributed by atoms with Crippen LogP contribution in [-0.2, 0) is 14.3 Å². The van der Waals surface area contributed by atoms with E-state index in [1.165, 1.54) is 18.4 Å². The molecule has 0 bridgehead atoms. The number of nitrogens with one attached hydrogen (secondary N) is 1. The number of ether oxygens (including phenoxy) is 1. The molecule has 1 heterocycles. The number of aromatic nitrogens is 2. The zero-order chi connectivity index (χ0) is 11.3. The minimum Gasteiger partial charge on any atom is -0.466 e. The predicted molar refractivity (Wildman–Crippen MR) is 54.4 cm³/mol. The third kappa shape index (κ3) is 3.86. The lowest BCUT2D eigenvalue weighted by Crippen LogP contribution is -2.08. The zero-order valence-electron chi connectivity index (χ0n) is 8.18. The highest BCUT2D eigenvalue weighted by Crippen LogP contribution is 2.13. The van der Waals surface area contributed by atoms with E-state index in [9.17, 15) is 9.59 Å². The summed E-state index contributed by atoms with van der Waals surface area (Å²) in [6.45, 7) is 1.78. The molecule has 1 rings (SSSR count). The maximum absolute atomic E-state index is 11.2. The molecule has 15 heavy (non-hydrogen) atoms. The second-order valence-corrected chi connectivity index (χ2v) is 3.65. The van der Waals surface area contributed by atoms with Gasteiger partial charge in [-0.25, -0.2) is 4.79 Å². The molecule has 6 nitrogen and oxygen atoms in total. The summed E-state index contributed by atoms with van der Waals surface area (Å²) in [4.78, 5) is 21.8. The van der Waals surface area contributed by atoms with Crippen LogP contribution in [0.4, 0.5) is 5.13 Å². The first-order chi connectivity index (χ1) is 7.11. The summed E-state index contributed by atoms with van der Waals surface area (Å²) in [5.41, 5.74) is 0. The molecule has 0 saturated heterocycles. The Bertz CT molecular complexity index is 400. The number of esters is 1. The molecule has 0 radical (unpaired) electrons. The minimum atomic E-state index is -0.585. The molecule has 0 spiro atoms. The molecule has 0 aliphatic carbocycles. The molecule has 0 saturated carbocycles. The van der Waals surface area contributed by atoms with E-state index in [4.69, 9.17) is 0 Å². The normalized spacial score (nSPS) is 10.3. The first kappa shape index (κ1) is 11.3. The first-order valence-corrected chi connectivity index (χ1v) is 4.80. The lowest BCUT2D eigenvalue weighted by atomic mass is 10.5. The third-order valence-electron chi connectivity index (χ3n) is 1.33. The van der Waals surface area contributed by atoms with Crippen molar-refractivity contribution in [1.29, 1.82) is 0 Å². The van der Waals surface area contributed by atoms with Crippen LogP contribution in [0.1, 0.15) is 5.01 Å². The SMILES string of the molecule is COC(=O)C=CC(=O)Nc1nnc(C)s1. The van der Waals surface area contributed by atoms with Crippen molar-refractivity contribution in [2.24, 2.45) is 0 Å². The number of carbonyl (C=O) groups excluding carboxylic acids is 2. The molecular formula is C8H9N3O3S. The van der Waals surface area contributed by atoms with Gasteiger partial charge in [0.1, 0.15) is 5.01 Å². The van der Waals surface area contributed by atoms with Crippen molar-refractivity contribution in [1.82, 2.24) is 10.2 Å². The lowest BCUT2D eigenvalue weighted by molar-refractivity contribution is -0.135. The van der Waals surface area contributed by atoms with Gasteiger partial charge in [-0.3, -0.25) is 10.1 Å². The topological polar surface area (TPSA) is 81.2 Å². The Morgan fingerprint density at radius 1 is 1.40 bits per heavy atom. The number of hydrogen-bond acceptors (Lipinski definition) is 6. The van der Waals surface area contributed by atoms with Crippen molar-refractivity contribution < 1.29 is 14.3 Å². The van der Waals surface area contributed by atoms with Gasteiger partial charge in [0.2, 0.25) is 11.0 Å². The van der Waals surface area contributed by atoms with Gasteiger partial charge in [-0.1, -0.05) is 11.3 Å². The van der Waals surface area contributed by atoms with Crippen LogP contribution in [0, 0.1) is 6.92 Å². The summed E-state index contributed by atoms with van der Waals surface area (Å²) >= 11 is 1.25. The van der Waals surface area contributed by atoms with Gasteiger partial charge in [0, 0.05) is 12.2 Å². The van der Waals surface area contributed by atoms with Crippen molar-refractivity contribution >= 4 is 28.3 Å². The first-order valence-electron chi connectivity index (χ1n) is 3.99. The summed E-state index contributed by atoms with van der Waals surface area (Å²) in [6, 6.07) is 0. The highest BCUT2D eigenvalue weighted by molar-refractivity contribution is 7.15. The van der Waals surface area contributed by atoms with E-state index in [1.54, 1.807) is 6.92 Å². The number of hydrogen-bond donors (Lipinski definition) is 1. The molecule has 0 aromatic carbocycles. The second kappa shape index (κ2) is 5.20. The number of methoxy groups -OCH3 is 1. The summed E-state index contributed by atoms with van der Waals surface area (Å²) in [7, 11) is 1.23. The van der Waals surface area contributed by atoms with Crippen LogP contribution < -0.4 is 5.32 Å². The number of rotatable bonds is 3. The monoisotopic (exact) mass is 227 g/mol. The quantitative estimate of drug-likeness (QED) is 0.601. The van der Waals surface area contributed by atoms with Crippen molar-refractivity contribution in [3.8, 4) is 0 Å². The van der Waals surface area contributed by atoms with Crippen molar-refractivity contribution in [3.05, 3.63) is 17.2 Å². The largest absolute Gasteiger partial charge is 0.466 e. The van der Waals surface area contributed by atoms with Crippen LogP contribution in [0.3, 0.4) is 0 Å². The maximum atomic E-state index is 11.2. The number of carbonyl (C=O) groups is 2. The Kier molecular flexibility index (Phi) is 3.92. The third-order valence-corrected chi connectivity index (χ3v) is 2.08. The van der Waals surface area contributed by atoms with Crippen molar-refractivity contribution in [2.45, 2.75) is 6.92 Å². The van der Waals surface area contributed by atoms with E-state index >= 15 is 0 Å². The van der Waals surface area contributed by atoms with E-state index in [-0.39, 0.29) is 0 Å². The summed E-state index contributed by atoms with van der Waals surface area (Å²) in [6.07, 6.45) is 2.10. The second-order valence-electron chi connectivity index (χ2n) is 2.47. The van der Waals surface area contributed by atoms with Crippen LogP contribution in [0.2, 0.25) is 0 Å². The Hall–Kier alpha value is -1.76. The summed E-state index contributed by atoms with van der Waals surface area (Å²) < 4.78 is 4.32. The molecule has 7 heteroatoms. The highest BCUT2D eigenvalue weighted by atomic mass is 32.1. The van der Waals surface area contributed by atoms with Crippen molar-refractivity contribution in [3.63, 3.8) is 0 Å². The van der Waals surface area contributed by atoms with Gasteiger partial charge in [0.05, 0.1) is 7.11 Å². The van der Waals surface area contributed by atoms with Gasteiger partial charge in [0.25, 0.3) is 0 Å². The van der Waals surface area contributed by atoms with Gasteiger partial charge in [-0.05, 0) is 6.92 Å². The van der Waals surface area contributed by atoms with E-state index in [1.807, 2.05) is 0 Å². The van der Waals surface area contributed by atoms with Gasteiger partial charge in [0.15, 0.2) is 0 Å². The number of nitrogens with zero attached hydrogens (tertiary/aromatic N) is 2. The molecular weight excluding hydrogens is 218 g/mol. The van der Waals surface area contributed by atoms with Crippen LogP contribution in [-0.4, -0.2) is 29.2 Å². The fourth-order valence-corrected chi connectivity index (χ4v) is 1.30. The zero-order valence-corrected chi connectivity index (χ0v) is 9.00. The predicted octanol–water partition coefficient (Wildman–Crippen LogP) is 0.514. The van der Waals surface area contributed by atoms with Gasteiger partial charge in [-0.15, -0.1) is 10.2 Å². The molecule has 1 N–H and O–H groups in total. The Morgan fingerprint density at radius 3 is 2.67 bits per heavy atom. The number of aryl methyl sites for hydroxylation is 1. The van der Waals surface area contributed by atoms with Crippen LogP contribution >= 0.6 is 11.3 Å². The highest BCUT2D eigenvalue weighted by Gasteiger charge is 2.03. The number of anilines is 1. The number of amides is 1. The molecule has 0 atom stereocenters. The molecule has 1 aromatic rings. The fraction of sp³-hybridized carbons (Fsp3) is 0.250. The molecule has 0 fully saturated rings. The summed E-state index contributed by atoms with van der Waals surface area (Å²) in [5.74, 6) is -1.03. The van der Waals surface area contributed by atoms with E-state index in [0.29, 0.717) is 5.13 Å².